The molecule has 1 saturated heterocycles. The molecule has 84 valence electrons. The van der Waals surface area contributed by atoms with Crippen molar-refractivity contribution in [1.82, 2.24) is 5.32 Å². The van der Waals surface area contributed by atoms with Gasteiger partial charge < -0.3 is 10.4 Å². The molecule has 1 fully saturated rings. The molecule has 0 aromatic carbocycles. The molecule has 0 radical (unpaired) electrons. The second kappa shape index (κ2) is 4.99. The molecule has 0 spiro atoms. The summed E-state index contributed by atoms with van der Waals surface area (Å²) in [5.41, 5.74) is 0.209. The Labute approximate surface area is 91.7 Å². The Kier molecular flexibility index (Phi) is 4.89. The third kappa shape index (κ3) is 3.46. The minimum Gasteiger partial charge on any atom is -0.481 e. The average Bonchev–Trinajstić information content (AvgIpc) is 2.03. The lowest BCUT2D eigenvalue weighted by Crippen LogP contribution is -2.44. The Balaban J connectivity index is 0.00000169. The second-order valence-electron chi connectivity index (χ2n) is 4.99. The summed E-state index contributed by atoms with van der Waals surface area (Å²) in [6, 6.07) is 0. The van der Waals surface area contributed by atoms with Crippen molar-refractivity contribution in [2.45, 2.75) is 27.2 Å². The smallest absolute Gasteiger partial charge is 0.307 e. The first-order valence-corrected chi connectivity index (χ1v) is 4.85. The molecule has 0 aliphatic carbocycles. The molecule has 2 N–H and O–H groups in total. The summed E-state index contributed by atoms with van der Waals surface area (Å²) in [5.74, 6) is -0.387. The van der Waals surface area contributed by atoms with Gasteiger partial charge in [0.2, 0.25) is 0 Å². The first-order chi connectivity index (χ1) is 5.91. The van der Waals surface area contributed by atoms with E-state index >= 15 is 0 Å². The highest BCUT2D eigenvalue weighted by atomic mass is 35.5. The zero-order valence-corrected chi connectivity index (χ0v) is 9.86. The van der Waals surface area contributed by atoms with E-state index < -0.39 is 5.97 Å². The van der Waals surface area contributed by atoms with E-state index in [4.69, 9.17) is 5.11 Å². The number of rotatable bonds is 1. The molecule has 14 heavy (non-hydrogen) atoms. The van der Waals surface area contributed by atoms with Crippen LogP contribution in [0.5, 0.6) is 0 Å². The molecule has 3 nitrogen and oxygen atoms in total. The average molecular weight is 222 g/mol. The van der Waals surface area contributed by atoms with Crippen LogP contribution in [0.3, 0.4) is 0 Å². The van der Waals surface area contributed by atoms with Gasteiger partial charge in [-0.3, -0.25) is 4.79 Å². The molecule has 0 saturated carbocycles. The van der Waals surface area contributed by atoms with Gasteiger partial charge in [0.25, 0.3) is 0 Å². The highest BCUT2D eigenvalue weighted by Gasteiger charge is 2.33. The van der Waals surface area contributed by atoms with Gasteiger partial charge in [-0.15, -0.1) is 12.4 Å². The summed E-state index contributed by atoms with van der Waals surface area (Å²) >= 11 is 0. The number of hydrogen-bond acceptors (Lipinski definition) is 2. The van der Waals surface area contributed by atoms with E-state index in [1.54, 1.807) is 0 Å². The Bertz CT molecular complexity index is 201. The molecule has 1 aliphatic rings. The molecule has 0 aromatic rings. The van der Waals surface area contributed by atoms with E-state index in [0.717, 1.165) is 13.0 Å². The van der Waals surface area contributed by atoms with E-state index in [1.165, 1.54) is 0 Å². The zero-order chi connectivity index (χ0) is 10.1. The van der Waals surface area contributed by atoms with Crippen molar-refractivity contribution in [1.29, 1.82) is 0 Å². The normalized spacial score (nSPS) is 27.9. The number of piperidine rings is 1. The van der Waals surface area contributed by atoms with Gasteiger partial charge in [0, 0.05) is 6.54 Å². The molecule has 0 amide bonds. The number of carboxylic acids is 1. The monoisotopic (exact) mass is 221 g/mol. The molecule has 2 atom stereocenters. The Hall–Kier alpha value is -0.280. The number of carbonyl (C=O) groups is 1. The number of halogens is 1. The SMILES string of the molecule is CC(C)(C)[C@@H]1CNC[C@@H](C(=O)O)C1.Cl. The lowest BCUT2D eigenvalue weighted by atomic mass is 9.74. The van der Waals surface area contributed by atoms with Gasteiger partial charge in [0.15, 0.2) is 0 Å². The van der Waals surface area contributed by atoms with Crippen molar-refractivity contribution in [3.05, 3.63) is 0 Å². The van der Waals surface area contributed by atoms with Crippen molar-refractivity contribution < 1.29 is 9.90 Å². The van der Waals surface area contributed by atoms with Gasteiger partial charge >= 0.3 is 5.97 Å². The van der Waals surface area contributed by atoms with Gasteiger partial charge in [-0.1, -0.05) is 20.8 Å². The minimum absolute atomic E-state index is 0. The van der Waals surface area contributed by atoms with Crippen LogP contribution in [0.15, 0.2) is 0 Å². The van der Waals surface area contributed by atoms with Crippen LogP contribution in [0.2, 0.25) is 0 Å². The van der Waals surface area contributed by atoms with Crippen molar-refractivity contribution in [2.24, 2.45) is 17.3 Å². The number of nitrogens with one attached hydrogen (secondary N) is 1. The molecule has 1 rings (SSSR count). The highest BCUT2D eigenvalue weighted by Crippen LogP contribution is 2.32. The lowest BCUT2D eigenvalue weighted by Gasteiger charge is -2.36. The first-order valence-electron chi connectivity index (χ1n) is 4.85. The van der Waals surface area contributed by atoms with Crippen LogP contribution >= 0.6 is 12.4 Å². The predicted molar refractivity (Wildman–Crippen MR) is 58.8 cm³/mol. The fraction of sp³-hybridized carbons (Fsp3) is 0.900. The molecule has 0 aromatic heterocycles. The quantitative estimate of drug-likeness (QED) is 0.710. The minimum atomic E-state index is -0.665. The summed E-state index contributed by atoms with van der Waals surface area (Å²) in [7, 11) is 0. The summed E-state index contributed by atoms with van der Waals surface area (Å²) < 4.78 is 0. The van der Waals surface area contributed by atoms with Crippen LogP contribution in [0.1, 0.15) is 27.2 Å². The van der Waals surface area contributed by atoms with Crippen LogP contribution in [0.4, 0.5) is 0 Å². The zero-order valence-electron chi connectivity index (χ0n) is 9.04. The van der Waals surface area contributed by atoms with Crippen LogP contribution < -0.4 is 5.32 Å². The van der Waals surface area contributed by atoms with Crippen molar-refractivity contribution in [2.75, 3.05) is 13.1 Å². The fourth-order valence-electron chi connectivity index (χ4n) is 1.79. The summed E-state index contributed by atoms with van der Waals surface area (Å²) in [6.07, 6.45) is 0.811. The first kappa shape index (κ1) is 13.7. The topological polar surface area (TPSA) is 49.3 Å². The van der Waals surface area contributed by atoms with Crippen LogP contribution in [0.25, 0.3) is 0 Å². The Morgan fingerprint density at radius 1 is 1.36 bits per heavy atom. The van der Waals surface area contributed by atoms with Gasteiger partial charge in [-0.25, -0.2) is 0 Å². The predicted octanol–water partition coefficient (Wildman–Crippen LogP) is 1.76. The molecule has 1 heterocycles. The van der Waals surface area contributed by atoms with Gasteiger partial charge in [0.05, 0.1) is 5.92 Å². The molecule has 0 bridgehead atoms. The molecule has 1 aliphatic heterocycles. The largest absolute Gasteiger partial charge is 0.481 e. The van der Waals surface area contributed by atoms with E-state index in [2.05, 4.69) is 26.1 Å². The van der Waals surface area contributed by atoms with Crippen LogP contribution in [0, 0.1) is 17.3 Å². The maximum Gasteiger partial charge on any atom is 0.307 e. The van der Waals surface area contributed by atoms with Crippen molar-refractivity contribution in [3.63, 3.8) is 0 Å². The number of carboxylic acid groups (broad SMARTS) is 1. The van der Waals surface area contributed by atoms with Crippen LogP contribution in [-0.2, 0) is 4.79 Å². The summed E-state index contributed by atoms with van der Waals surface area (Å²) in [6.45, 7) is 8.09. The third-order valence-electron chi connectivity index (χ3n) is 2.92. The number of aliphatic carboxylic acids is 1. The van der Waals surface area contributed by atoms with Gasteiger partial charge in [0.1, 0.15) is 0 Å². The molecular formula is C10H20ClNO2. The fourth-order valence-corrected chi connectivity index (χ4v) is 1.79. The second-order valence-corrected chi connectivity index (χ2v) is 4.99. The summed E-state index contributed by atoms with van der Waals surface area (Å²) in [5, 5.41) is 12.1. The van der Waals surface area contributed by atoms with E-state index in [9.17, 15) is 4.79 Å². The third-order valence-corrected chi connectivity index (χ3v) is 2.92. The Morgan fingerprint density at radius 3 is 2.36 bits per heavy atom. The van der Waals surface area contributed by atoms with Crippen molar-refractivity contribution >= 4 is 18.4 Å². The number of hydrogen-bond donors (Lipinski definition) is 2. The Morgan fingerprint density at radius 2 is 1.93 bits per heavy atom. The van der Waals surface area contributed by atoms with E-state index in [1.807, 2.05) is 0 Å². The summed E-state index contributed by atoms with van der Waals surface area (Å²) in [4.78, 5) is 10.8. The van der Waals surface area contributed by atoms with Crippen LogP contribution in [-0.4, -0.2) is 24.2 Å². The van der Waals surface area contributed by atoms with E-state index in [-0.39, 0.29) is 23.7 Å². The highest BCUT2D eigenvalue weighted by molar-refractivity contribution is 5.85. The maximum absolute atomic E-state index is 10.8. The standard InChI is InChI=1S/C10H19NO2.ClH/c1-10(2,3)8-4-7(9(12)13)5-11-6-8;/h7-8,11H,4-6H2,1-3H3,(H,12,13);1H/t7-,8-;/m0./s1. The molecular weight excluding hydrogens is 202 g/mol. The van der Waals surface area contributed by atoms with Gasteiger partial charge in [-0.2, -0.15) is 0 Å². The van der Waals surface area contributed by atoms with E-state index in [0.29, 0.717) is 12.5 Å². The van der Waals surface area contributed by atoms with Gasteiger partial charge in [-0.05, 0) is 24.3 Å². The maximum atomic E-state index is 10.8. The molecule has 0 unspecified atom stereocenters. The van der Waals surface area contributed by atoms with Crippen molar-refractivity contribution in [3.8, 4) is 0 Å². The molecule has 4 heteroatoms. The lowest BCUT2D eigenvalue weighted by molar-refractivity contribution is -0.143.